The molecule has 0 aliphatic rings. The number of benzene rings is 2. The zero-order chi connectivity index (χ0) is 18.2. The molecule has 2 aromatic carbocycles. The number of hydrogen-bond acceptors (Lipinski definition) is 3. The SMILES string of the molecule is CCC(CNC(=O)Cc1cccc(C(=O)O)c1)Oc1cccc(F)c1. The quantitative estimate of drug-likeness (QED) is 0.771. The number of halogens is 1. The molecule has 0 fully saturated rings. The number of amides is 1. The van der Waals surface area contributed by atoms with Gasteiger partial charge in [-0.15, -0.1) is 0 Å². The monoisotopic (exact) mass is 345 g/mol. The van der Waals surface area contributed by atoms with Gasteiger partial charge in [0, 0.05) is 6.07 Å². The van der Waals surface area contributed by atoms with Gasteiger partial charge in [-0.1, -0.05) is 25.1 Å². The molecule has 0 aromatic heterocycles. The van der Waals surface area contributed by atoms with Gasteiger partial charge in [-0.2, -0.15) is 0 Å². The second kappa shape index (κ2) is 8.82. The zero-order valence-electron chi connectivity index (χ0n) is 13.9. The minimum Gasteiger partial charge on any atom is -0.489 e. The van der Waals surface area contributed by atoms with Crippen LogP contribution in [0.4, 0.5) is 4.39 Å². The van der Waals surface area contributed by atoms with E-state index in [1.165, 1.54) is 24.3 Å². The van der Waals surface area contributed by atoms with Gasteiger partial charge in [0.1, 0.15) is 17.7 Å². The normalized spacial score (nSPS) is 11.6. The molecule has 25 heavy (non-hydrogen) atoms. The Bertz CT molecular complexity index is 748. The fourth-order valence-electron chi connectivity index (χ4n) is 2.29. The lowest BCUT2D eigenvalue weighted by Crippen LogP contribution is -2.35. The fourth-order valence-corrected chi connectivity index (χ4v) is 2.29. The van der Waals surface area contributed by atoms with Gasteiger partial charge in [0.15, 0.2) is 0 Å². The first-order chi connectivity index (χ1) is 12.0. The van der Waals surface area contributed by atoms with E-state index in [1.54, 1.807) is 24.3 Å². The highest BCUT2D eigenvalue weighted by Gasteiger charge is 2.12. The third-order valence-electron chi connectivity index (χ3n) is 3.62. The van der Waals surface area contributed by atoms with Crippen molar-refractivity contribution in [3.05, 3.63) is 65.5 Å². The number of carbonyl (C=O) groups excluding carboxylic acids is 1. The molecule has 0 aliphatic carbocycles. The molecule has 2 N–H and O–H groups in total. The molecule has 0 saturated carbocycles. The number of nitrogens with one attached hydrogen (secondary N) is 1. The molecule has 0 saturated heterocycles. The Hall–Kier alpha value is -2.89. The molecule has 0 aliphatic heterocycles. The lowest BCUT2D eigenvalue weighted by atomic mass is 10.1. The van der Waals surface area contributed by atoms with Gasteiger partial charge in [0.25, 0.3) is 0 Å². The summed E-state index contributed by atoms with van der Waals surface area (Å²) in [4.78, 5) is 23.0. The van der Waals surface area contributed by atoms with Crippen molar-refractivity contribution in [3.8, 4) is 5.75 Å². The molecule has 1 amide bonds. The van der Waals surface area contributed by atoms with Crippen LogP contribution in [0.15, 0.2) is 48.5 Å². The molecule has 2 rings (SSSR count). The minimum absolute atomic E-state index is 0.0809. The molecular formula is C19H20FNO4. The van der Waals surface area contributed by atoms with Crippen molar-refractivity contribution >= 4 is 11.9 Å². The standard InChI is InChI=1S/C19H20FNO4/c1-2-16(25-17-8-4-7-15(20)11-17)12-21-18(22)10-13-5-3-6-14(9-13)19(23)24/h3-9,11,16H,2,10,12H2,1H3,(H,21,22)(H,23,24). The van der Waals surface area contributed by atoms with Crippen molar-refractivity contribution in [2.24, 2.45) is 0 Å². The van der Waals surface area contributed by atoms with Crippen LogP contribution in [0.2, 0.25) is 0 Å². The largest absolute Gasteiger partial charge is 0.489 e. The van der Waals surface area contributed by atoms with Crippen LogP contribution in [0.25, 0.3) is 0 Å². The Morgan fingerprint density at radius 2 is 1.96 bits per heavy atom. The van der Waals surface area contributed by atoms with Gasteiger partial charge in [0.2, 0.25) is 5.91 Å². The second-order valence-corrected chi connectivity index (χ2v) is 5.59. The smallest absolute Gasteiger partial charge is 0.335 e. The van der Waals surface area contributed by atoms with Crippen LogP contribution in [-0.2, 0) is 11.2 Å². The number of carboxylic acid groups (broad SMARTS) is 1. The number of carboxylic acids is 1. The van der Waals surface area contributed by atoms with E-state index in [0.29, 0.717) is 17.7 Å². The van der Waals surface area contributed by atoms with Crippen LogP contribution in [-0.4, -0.2) is 29.6 Å². The van der Waals surface area contributed by atoms with Crippen LogP contribution >= 0.6 is 0 Å². The summed E-state index contributed by atoms with van der Waals surface area (Å²) in [6.07, 6.45) is 0.444. The minimum atomic E-state index is -1.03. The highest BCUT2D eigenvalue weighted by atomic mass is 19.1. The number of rotatable bonds is 8. The first-order valence-corrected chi connectivity index (χ1v) is 7.99. The van der Waals surface area contributed by atoms with Crippen molar-refractivity contribution in [2.75, 3.05) is 6.54 Å². The summed E-state index contributed by atoms with van der Waals surface area (Å²) in [6, 6.07) is 12.1. The van der Waals surface area contributed by atoms with Crippen molar-refractivity contribution < 1.29 is 23.8 Å². The predicted octanol–water partition coefficient (Wildman–Crippen LogP) is 3.04. The van der Waals surface area contributed by atoms with E-state index in [1.807, 2.05) is 6.92 Å². The molecule has 132 valence electrons. The average Bonchev–Trinajstić information content (AvgIpc) is 2.58. The summed E-state index contributed by atoms with van der Waals surface area (Å²) >= 11 is 0. The average molecular weight is 345 g/mol. The lowest BCUT2D eigenvalue weighted by Gasteiger charge is -2.18. The Kier molecular flexibility index (Phi) is 6.51. The lowest BCUT2D eigenvalue weighted by molar-refractivity contribution is -0.120. The van der Waals surface area contributed by atoms with Gasteiger partial charge in [-0.25, -0.2) is 9.18 Å². The zero-order valence-corrected chi connectivity index (χ0v) is 13.9. The van der Waals surface area contributed by atoms with E-state index in [9.17, 15) is 14.0 Å². The van der Waals surface area contributed by atoms with Crippen LogP contribution in [0.1, 0.15) is 29.3 Å². The highest BCUT2D eigenvalue weighted by molar-refractivity contribution is 5.88. The molecule has 0 radical (unpaired) electrons. The summed E-state index contributed by atoms with van der Waals surface area (Å²) in [7, 11) is 0. The summed E-state index contributed by atoms with van der Waals surface area (Å²) in [6.45, 7) is 2.19. The molecule has 1 unspecified atom stereocenters. The molecule has 5 nitrogen and oxygen atoms in total. The van der Waals surface area contributed by atoms with Gasteiger partial charge in [-0.3, -0.25) is 4.79 Å². The van der Waals surface area contributed by atoms with E-state index in [4.69, 9.17) is 9.84 Å². The Balaban J connectivity index is 1.87. The first-order valence-electron chi connectivity index (χ1n) is 7.99. The van der Waals surface area contributed by atoms with Crippen molar-refractivity contribution in [3.63, 3.8) is 0 Å². The van der Waals surface area contributed by atoms with Crippen molar-refractivity contribution in [2.45, 2.75) is 25.9 Å². The van der Waals surface area contributed by atoms with Crippen molar-refractivity contribution in [1.82, 2.24) is 5.32 Å². The Labute approximate surface area is 145 Å². The summed E-state index contributed by atoms with van der Waals surface area (Å²) < 4.78 is 18.8. The van der Waals surface area contributed by atoms with Crippen LogP contribution in [0.3, 0.4) is 0 Å². The van der Waals surface area contributed by atoms with Crippen LogP contribution in [0, 0.1) is 5.82 Å². The Morgan fingerprint density at radius 3 is 2.64 bits per heavy atom. The van der Waals surface area contributed by atoms with E-state index in [-0.39, 0.29) is 36.4 Å². The molecule has 6 heteroatoms. The highest BCUT2D eigenvalue weighted by Crippen LogP contribution is 2.14. The summed E-state index contributed by atoms with van der Waals surface area (Å²) in [5.74, 6) is -1.23. The van der Waals surface area contributed by atoms with Crippen LogP contribution in [0.5, 0.6) is 5.75 Å². The number of aromatic carboxylic acids is 1. The number of carbonyl (C=O) groups is 2. The van der Waals surface area contributed by atoms with E-state index in [2.05, 4.69) is 5.32 Å². The van der Waals surface area contributed by atoms with E-state index in [0.717, 1.165) is 0 Å². The first kappa shape index (κ1) is 18.4. The summed E-state index contributed by atoms with van der Waals surface area (Å²) in [5.41, 5.74) is 0.766. The van der Waals surface area contributed by atoms with E-state index >= 15 is 0 Å². The van der Waals surface area contributed by atoms with Gasteiger partial charge in [-0.05, 0) is 36.2 Å². The molecular weight excluding hydrogens is 325 g/mol. The molecule has 0 spiro atoms. The fraction of sp³-hybridized carbons (Fsp3) is 0.263. The predicted molar refractivity (Wildman–Crippen MR) is 91.2 cm³/mol. The number of hydrogen-bond donors (Lipinski definition) is 2. The molecule has 0 bridgehead atoms. The number of ether oxygens (including phenoxy) is 1. The molecule has 2 aromatic rings. The van der Waals surface area contributed by atoms with Crippen molar-refractivity contribution in [1.29, 1.82) is 0 Å². The van der Waals surface area contributed by atoms with Gasteiger partial charge in [0.05, 0.1) is 18.5 Å². The van der Waals surface area contributed by atoms with Gasteiger partial charge >= 0.3 is 5.97 Å². The van der Waals surface area contributed by atoms with Crippen LogP contribution < -0.4 is 10.1 Å². The van der Waals surface area contributed by atoms with E-state index < -0.39 is 5.97 Å². The summed E-state index contributed by atoms with van der Waals surface area (Å²) in [5, 5.41) is 11.7. The third-order valence-corrected chi connectivity index (χ3v) is 3.62. The maximum Gasteiger partial charge on any atom is 0.335 e. The van der Waals surface area contributed by atoms with Gasteiger partial charge < -0.3 is 15.2 Å². The molecule has 1 atom stereocenters. The Morgan fingerprint density at radius 1 is 1.20 bits per heavy atom. The topological polar surface area (TPSA) is 75.6 Å². The molecule has 0 heterocycles. The second-order valence-electron chi connectivity index (χ2n) is 5.59. The maximum atomic E-state index is 13.2. The third kappa shape index (κ3) is 5.91. The maximum absolute atomic E-state index is 13.2.